The predicted octanol–water partition coefficient (Wildman–Crippen LogP) is 30.5. The number of ether oxygens (including phenoxy) is 1. The van der Waals surface area contributed by atoms with E-state index in [1.807, 2.05) is 0 Å². The highest BCUT2D eigenvalue weighted by Gasteiger charge is 2.20. The normalized spacial score (nSPS) is 12.6. The second kappa shape index (κ2) is 87.5. The number of aliphatic hydroxyl groups excluding tert-OH is 2. The van der Waals surface area contributed by atoms with E-state index in [1.54, 1.807) is 0 Å². The van der Waals surface area contributed by atoms with E-state index in [0.717, 1.165) is 44.9 Å². The Bertz CT molecular complexity index is 1590. The van der Waals surface area contributed by atoms with Gasteiger partial charge in [-0.05, 0) is 83.5 Å². The topological polar surface area (TPSA) is 95.9 Å². The SMILES string of the molecule is CCCCC/C=C\C/C=C\CCCCCCCCCCCC(=O)OCCCCCCCCCCCCCCCCCC/C=C\CCCCCCCCCCCCCCCCCCCC(=O)NC(CO)C(O)CCCCCCCCCCCCCCCCCCCCCCCCCCC. The van der Waals surface area contributed by atoms with Crippen LogP contribution in [-0.2, 0) is 14.3 Å². The second-order valence-corrected chi connectivity index (χ2v) is 31.3. The Hall–Kier alpha value is -1.92. The molecular weight excluding hydrogens is 1200 g/mol. The third-order valence-electron chi connectivity index (χ3n) is 21.4. The van der Waals surface area contributed by atoms with Gasteiger partial charge in [0.1, 0.15) is 0 Å². The van der Waals surface area contributed by atoms with Gasteiger partial charge in [-0.1, -0.05) is 455 Å². The number of carbonyl (C=O) groups is 2. The summed E-state index contributed by atoms with van der Waals surface area (Å²) in [5.41, 5.74) is 0. The first-order valence-corrected chi connectivity index (χ1v) is 45.2. The lowest BCUT2D eigenvalue weighted by Gasteiger charge is -2.22. The molecule has 0 spiro atoms. The molecule has 0 saturated heterocycles. The van der Waals surface area contributed by atoms with Crippen LogP contribution in [0.3, 0.4) is 0 Å². The number of allylic oxidation sites excluding steroid dienone is 6. The predicted molar refractivity (Wildman–Crippen MR) is 435 cm³/mol. The molecule has 2 unspecified atom stereocenters. The van der Waals surface area contributed by atoms with E-state index in [4.69, 9.17) is 4.74 Å². The zero-order valence-electron chi connectivity index (χ0n) is 66.8. The maximum Gasteiger partial charge on any atom is 0.305 e. The van der Waals surface area contributed by atoms with Gasteiger partial charge in [-0.15, -0.1) is 0 Å². The summed E-state index contributed by atoms with van der Waals surface area (Å²) in [7, 11) is 0. The van der Waals surface area contributed by atoms with Crippen LogP contribution in [0.15, 0.2) is 36.5 Å². The Balaban J connectivity index is 3.33. The molecule has 0 fully saturated rings. The Morgan fingerprint density at radius 1 is 0.286 bits per heavy atom. The maximum atomic E-state index is 12.6. The number of esters is 1. The molecule has 3 N–H and O–H groups in total. The van der Waals surface area contributed by atoms with Crippen LogP contribution in [-0.4, -0.2) is 47.4 Å². The third kappa shape index (κ3) is 83.0. The van der Waals surface area contributed by atoms with E-state index in [0.29, 0.717) is 25.9 Å². The minimum absolute atomic E-state index is 0.0188. The number of hydrogen-bond acceptors (Lipinski definition) is 5. The van der Waals surface area contributed by atoms with Gasteiger partial charge >= 0.3 is 5.97 Å². The van der Waals surface area contributed by atoms with Crippen molar-refractivity contribution in [2.45, 2.75) is 527 Å². The van der Waals surface area contributed by atoms with Crippen molar-refractivity contribution in [3.8, 4) is 0 Å². The molecule has 98 heavy (non-hydrogen) atoms. The number of rotatable bonds is 86. The van der Waals surface area contributed by atoms with Crippen LogP contribution in [0.25, 0.3) is 0 Å². The summed E-state index contributed by atoms with van der Waals surface area (Å²) < 4.78 is 5.52. The van der Waals surface area contributed by atoms with Gasteiger partial charge in [0.15, 0.2) is 0 Å². The number of carbonyl (C=O) groups excluding carboxylic acids is 2. The summed E-state index contributed by atoms with van der Waals surface area (Å²) in [6.07, 6.45) is 116. The van der Waals surface area contributed by atoms with Crippen LogP contribution in [0.2, 0.25) is 0 Å². The molecule has 0 aliphatic carbocycles. The Labute approximate surface area is 614 Å². The van der Waals surface area contributed by atoms with Gasteiger partial charge in [0.05, 0.1) is 25.4 Å². The zero-order chi connectivity index (χ0) is 70.5. The highest BCUT2D eigenvalue weighted by atomic mass is 16.5. The van der Waals surface area contributed by atoms with Crippen molar-refractivity contribution in [2.24, 2.45) is 0 Å². The Kier molecular flexibility index (Phi) is 85.8. The Morgan fingerprint density at radius 2 is 0.510 bits per heavy atom. The van der Waals surface area contributed by atoms with Gasteiger partial charge in [0.2, 0.25) is 5.91 Å². The summed E-state index contributed by atoms with van der Waals surface area (Å²) >= 11 is 0. The number of hydrogen-bond donors (Lipinski definition) is 3. The lowest BCUT2D eigenvalue weighted by molar-refractivity contribution is -0.143. The average Bonchev–Trinajstić information content (AvgIpc) is 1.77. The molecule has 0 aromatic heterocycles. The van der Waals surface area contributed by atoms with Gasteiger partial charge in [0, 0.05) is 12.8 Å². The van der Waals surface area contributed by atoms with E-state index in [2.05, 4.69) is 55.6 Å². The van der Waals surface area contributed by atoms with Gasteiger partial charge in [-0.25, -0.2) is 0 Å². The van der Waals surface area contributed by atoms with Crippen molar-refractivity contribution < 1.29 is 24.5 Å². The fraction of sp³-hybridized carbons (Fsp3) is 0.913. The lowest BCUT2D eigenvalue weighted by Crippen LogP contribution is -2.45. The van der Waals surface area contributed by atoms with Crippen LogP contribution >= 0.6 is 0 Å². The molecule has 0 aromatic carbocycles. The fourth-order valence-corrected chi connectivity index (χ4v) is 14.6. The van der Waals surface area contributed by atoms with Gasteiger partial charge in [-0.3, -0.25) is 9.59 Å². The fourth-order valence-electron chi connectivity index (χ4n) is 14.6. The minimum Gasteiger partial charge on any atom is -0.466 e. The number of nitrogens with one attached hydrogen (secondary N) is 1. The van der Waals surface area contributed by atoms with Crippen molar-refractivity contribution in [3.63, 3.8) is 0 Å². The standard InChI is InChI=1S/C92H177NO5/c1-3-5-7-9-11-13-15-17-19-21-23-24-25-39-42-45-49-52-56-60-64-68-72-76-80-84-90(95)89(88-94)93-91(96)85-81-77-73-69-65-61-57-53-50-46-43-40-37-35-33-31-29-27-26-28-30-32-34-36-38-41-44-47-51-55-59-63-67-71-75-79-83-87-98-92(97)86-82-78-74-70-66-62-58-54-48-22-20-18-16-14-12-10-8-6-4-2/h12,14,18,20,26,28,89-90,94-95H,3-11,13,15-17,19,21-25,27,29-88H2,1-2H3,(H,93,96)/b14-12-,20-18-,28-26-. The summed E-state index contributed by atoms with van der Waals surface area (Å²) in [5, 5.41) is 23.5. The second-order valence-electron chi connectivity index (χ2n) is 31.3. The van der Waals surface area contributed by atoms with E-state index < -0.39 is 12.1 Å². The average molecular weight is 1380 g/mol. The van der Waals surface area contributed by atoms with Crippen molar-refractivity contribution in [1.29, 1.82) is 0 Å². The highest BCUT2D eigenvalue weighted by molar-refractivity contribution is 5.76. The number of amides is 1. The molecule has 0 bridgehead atoms. The van der Waals surface area contributed by atoms with Crippen LogP contribution in [0.4, 0.5) is 0 Å². The molecule has 580 valence electrons. The summed E-state index contributed by atoms with van der Waals surface area (Å²) in [6, 6.07) is -0.540. The zero-order valence-corrected chi connectivity index (χ0v) is 66.8. The van der Waals surface area contributed by atoms with Crippen molar-refractivity contribution in [1.82, 2.24) is 5.32 Å². The maximum absolute atomic E-state index is 12.6. The number of unbranched alkanes of at least 4 members (excludes halogenated alkanes) is 69. The molecule has 0 radical (unpaired) electrons. The van der Waals surface area contributed by atoms with E-state index in [1.165, 1.54) is 437 Å². The minimum atomic E-state index is -0.663. The van der Waals surface area contributed by atoms with E-state index in [-0.39, 0.29) is 18.5 Å². The van der Waals surface area contributed by atoms with Crippen molar-refractivity contribution >= 4 is 11.9 Å². The van der Waals surface area contributed by atoms with E-state index in [9.17, 15) is 19.8 Å². The summed E-state index contributed by atoms with van der Waals surface area (Å²) in [4.78, 5) is 24.7. The monoisotopic (exact) mass is 1380 g/mol. The first-order valence-electron chi connectivity index (χ1n) is 45.2. The molecule has 0 saturated carbocycles. The third-order valence-corrected chi connectivity index (χ3v) is 21.4. The lowest BCUT2D eigenvalue weighted by atomic mass is 10.0. The van der Waals surface area contributed by atoms with Gasteiger partial charge < -0.3 is 20.3 Å². The molecule has 1 amide bonds. The molecule has 0 aromatic rings. The first-order chi connectivity index (χ1) is 48.5. The summed E-state index contributed by atoms with van der Waals surface area (Å²) in [5.74, 6) is -0.00579. The molecule has 0 aliphatic rings. The molecular formula is C92H177NO5. The molecule has 2 atom stereocenters. The quantitative estimate of drug-likeness (QED) is 0.0320. The molecule has 0 rings (SSSR count). The van der Waals surface area contributed by atoms with Crippen molar-refractivity contribution in [3.05, 3.63) is 36.5 Å². The molecule has 0 aliphatic heterocycles. The molecule has 0 heterocycles. The van der Waals surface area contributed by atoms with Crippen LogP contribution in [0, 0.1) is 0 Å². The Morgan fingerprint density at radius 3 is 0.806 bits per heavy atom. The first kappa shape index (κ1) is 96.1. The van der Waals surface area contributed by atoms with Crippen LogP contribution in [0.5, 0.6) is 0 Å². The largest absolute Gasteiger partial charge is 0.466 e. The van der Waals surface area contributed by atoms with Crippen LogP contribution in [0.1, 0.15) is 515 Å². The molecule has 6 nitrogen and oxygen atoms in total. The van der Waals surface area contributed by atoms with Gasteiger partial charge in [0.25, 0.3) is 0 Å². The van der Waals surface area contributed by atoms with Crippen molar-refractivity contribution in [2.75, 3.05) is 13.2 Å². The van der Waals surface area contributed by atoms with Crippen LogP contribution < -0.4 is 5.32 Å². The smallest absolute Gasteiger partial charge is 0.305 e. The van der Waals surface area contributed by atoms with E-state index >= 15 is 0 Å². The van der Waals surface area contributed by atoms with Gasteiger partial charge in [-0.2, -0.15) is 0 Å². The molecule has 6 heteroatoms. The summed E-state index contributed by atoms with van der Waals surface area (Å²) in [6.45, 7) is 4.99. The number of aliphatic hydroxyl groups is 2. The highest BCUT2D eigenvalue weighted by Crippen LogP contribution is 2.21.